The van der Waals surface area contributed by atoms with Gasteiger partial charge in [0, 0.05) is 24.7 Å². The predicted molar refractivity (Wildman–Crippen MR) is 91.3 cm³/mol. The van der Waals surface area contributed by atoms with E-state index in [1.807, 2.05) is 0 Å². The molecule has 0 aromatic heterocycles. The zero-order valence-electron chi connectivity index (χ0n) is 13.3. The summed E-state index contributed by atoms with van der Waals surface area (Å²) < 4.78 is 4.90. The van der Waals surface area contributed by atoms with Crippen LogP contribution in [0.25, 0.3) is 0 Å². The summed E-state index contributed by atoms with van der Waals surface area (Å²) in [6.07, 6.45) is 0. The number of nitro groups is 1. The fourth-order valence-electron chi connectivity index (χ4n) is 2.07. The van der Waals surface area contributed by atoms with Crippen LogP contribution < -0.4 is 0 Å². The third-order valence-corrected chi connectivity index (χ3v) is 3.66. The number of likely N-dealkylation sites (N-methyl/N-ethyl adjacent to an activating group) is 1. The van der Waals surface area contributed by atoms with Crippen molar-refractivity contribution in [3.8, 4) is 0 Å². The maximum Gasteiger partial charge on any atom is 0.345 e. The Labute approximate surface area is 148 Å². The van der Waals surface area contributed by atoms with Crippen LogP contribution in [0.2, 0.25) is 5.02 Å². The van der Waals surface area contributed by atoms with Gasteiger partial charge in [0.1, 0.15) is 5.56 Å². The van der Waals surface area contributed by atoms with Gasteiger partial charge in [0.25, 0.3) is 11.6 Å². The number of rotatable bonds is 6. The van der Waals surface area contributed by atoms with Gasteiger partial charge in [-0.2, -0.15) is 0 Å². The molecule has 0 N–H and O–H groups in total. The number of esters is 1. The Balaban J connectivity index is 1.94. The molecule has 130 valence electrons. The van der Waals surface area contributed by atoms with Crippen molar-refractivity contribution in [2.75, 3.05) is 13.7 Å². The summed E-state index contributed by atoms with van der Waals surface area (Å²) in [5.74, 6) is -1.34. The molecular weight excluding hydrogens is 348 g/mol. The summed E-state index contributed by atoms with van der Waals surface area (Å²) in [4.78, 5) is 35.7. The van der Waals surface area contributed by atoms with E-state index in [0.29, 0.717) is 11.6 Å². The number of para-hydroxylation sites is 1. The van der Waals surface area contributed by atoms with E-state index < -0.39 is 23.4 Å². The van der Waals surface area contributed by atoms with Crippen LogP contribution in [0.15, 0.2) is 48.5 Å². The van der Waals surface area contributed by atoms with Crippen molar-refractivity contribution in [1.29, 1.82) is 0 Å². The first kappa shape index (κ1) is 18.4. The first-order valence-corrected chi connectivity index (χ1v) is 7.65. The monoisotopic (exact) mass is 362 g/mol. The molecule has 25 heavy (non-hydrogen) atoms. The van der Waals surface area contributed by atoms with Crippen LogP contribution in [0.3, 0.4) is 0 Å². The number of hydrogen-bond acceptors (Lipinski definition) is 5. The van der Waals surface area contributed by atoms with Crippen molar-refractivity contribution in [3.63, 3.8) is 0 Å². The number of carbonyl (C=O) groups excluding carboxylic acids is 2. The van der Waals surface area contributed by atoms with E-state index in [0.717, 1.165) is 5.56 Å². The van der Waals surface area contributed by atoms with Crippen molar-refractivity contribution in [3.05, 3.63) is 74.8 Å². The molecule has 7 nitrogen and oxygen atoms in total. The molecule has 0 saturated carbocycles. The number of halogens is 1. The number of nitrogens with zero attached hydrogens (tertiary/aromatic N) is 2. The lowest BCUT2D eigenvalue weighted by molar-refractivity contribution is -0.385. The van der Waals surface area contributed by atoms with E-state index in [9.17, 15) is 19.7 Å². The van der Waals surface area contributed by atoms with Gasteiger partial charge < -0.3 is 9.64 Å². The predicted octanol–water partition coefficient (Wildman–Crippen LogP) is 3.06. The number of amides is 1. The first-order chi connectivity index (χ1) is 11.9. The molecule has 0 aliphatic carbocycles. The summed E-state index contributed by atoms with van der Waals surface area (Å²) in [5.41, 5.74) is 0.306. The molecule has 0 fully saturated rings. The molecule has 0 aliphatic rings. The summed E-state index contributed by atoms with van der Waals surface area (Å²) in [6.45, 7) is -0.186. The summed E-state index contributed by atoms with van der Waals surface area (Å²) in [7, 11) is 1.57. The van der Waals surface area contributed by atoms with Gasteiger partial charge in [-0.3, -0.25) is 14.9 Å². The van der Waals surface area contributed by atoms with Crippen molar-refractivity contribution < 1.29 is 19.2 Å². The lowest BCUT2D eigenvalue weighted by Gasteiger charge is -2.17. The van der Waals surface area contributed by atoms with E-state index in [1.54, 1.807) is 31.3 Å². The average molecular weight is 363 g/mol. The van der Waals surface area contributed by atoms with E-state index in [4.69, 9.17) is 16.3 Å². The van der Waals surface area contributed by atoms with Crippen LogP contribution in [-0.2, 0) is 16.1 Å². The highest BCUT2D eigenvalue weighted by atomic mass is 35.5. The SMILES string of the molecule is CN(Cc1ccc(Cl)cc1)C(=O)COC(=O)c1ccccc1[N+](=O)[O-]. The van der Waals surface area contributed by atoms with Crippen LogP contribution in [0.1, 0.15) is 15.9 Å². The third-order valence-electron chi connectivity index (χ3n) is 3.41. The number of ether oxygens (including phenoxy) is 1. The zero-order valence-corrected chi connectivity index (χ0v) is 14.1. The fraction of sp³-hybridized carbons (Fsp3) is 0.176. The maximum atomic E-state index is 12.1. The van der Waals surface area contributed by atoms with Gasteiger partial charge in [0.15, 0.2) is 6.61 Å². The van der Waals surface area contributed by atoms with Crippen molar-refractivity contribution in [1.82, 2.24) is 4.90 Å². The smallest absolute Gasteiger partial charge is 0.345 e. The van der Waals surface area contributed by atoms with Crippen molar-refractivity contribution in [2.24, 2.45) is 0 Å². The summed E-state index contributed by atoms with van der Waals surface area (Å²) in [5, 5.41) is 11.5. The minimum absolute atomic E-state index is 0.194. The highest BCUT2D eigenvalue weighted by molar-refractivity contribution is 6.30. The van der Waals surface area contributed by atoms with E-state index in [2.05, 4.69) is 0 Å². The zero-order chi connectivity index (χ0) is 18.4. The Morgan fingerprint density at radius 2 is 1.80 bits per heavy atom. The number of carbonyl (C=O) groups is 2. The number of nitro benzene ring substituents is 1. The Morgan fingerprint density at radius 3 is 2.44 bits per heavy atom. The van der Waals surface area contributed by atoms with Gasteiger partial charge in [-0.15, -0.1) is 0 Å². The van der Waals surface area contributed by atoms with Crippen molar-refractivity contribution >= 4 is 29.2 Å². The molecule has 1 amide bonds. The third kappa shape index (κ3) is 5.02. The fourth-order valence-corrected chi connectivity index (χ4v) is 2.20. The van der Waals surface area contributed by atoms with E-state index >= 15 is 0 Å². The molecule has 0 heterocycles. The van der Waals surface area contributed by atoms with Crippen LogP contribution >= 0.6 is 11.6 Å². The van der Waals surface area contributed by atoms with Crippen LogP contribution in [0, 0.1) is 10.1 Å². The molecule has 8 heteroatoms. The lowest BCUT2D eigenvalue weighted by atomic mass is 10.2. The van der Waals surface area contributed by atoms with Gasteiger partial charge in [0.2, 0.25) is 0 Å². The minimum Gasteiger partial charge on any atom is -0.452 e. The molecule has 0 spiro atoms. The second-order valence-corrected chi connectivity index (χ2v) is 5.66. The molecule has 2 aromatic rings. The topological polar surface area (TPSA) is 89.8 Å². The van der Waals surface area contributed by atoms with E-state index in [-0.39, 0.29) is 11.3 Å². The molecular formula is C17H15ClN2O5. The summed E-state index contributed by atoms with van der Waals surface area (Å²) in [6, 6.07) is 12.4. The van der Waals surface area contributed by atoms with Crippen LogP contribution in [0.5, 0.6) is 0 Å². The number of hydrogen-bond donors (Lipinski definition) is 0. The van der Waals surface area contributed by atoms with Crippen LogP contribution in [0.4, 0.5) is 5.69 Å². The Kier molecular flexibility index (Phi) is 6.08. The quantitative estimate of drug-likeness (QED) is 0.447. The molecule has 0 aliphatic heterocycles. The molecule has 2 aromatic carbocycles. The molecule has 0 bridgehead atoms. The molecule has 0 radical (unpaired) electrons. The number of benzene rings is 2. The van der Waals surface area contributed by atoms with Gasteiger partial charge in [-0.05, 0) is 23.8 Å². The highest BCUT2D eigenvalue weighted by Crippen LogP contribution is 2.18. The van der Waals surface area contributed by atoms with Gasteiger partial charge in [0.05, 0.1) is 4.92 Å². The molecule has 0 unspecified atom stereocenters. The standard InChI is InChI=1S/C17H15ClN2O5/c1-19(10-12-6-8-13(18)9-7-12)16(21)11-25-17(22)14-4-2-3-5-15(14)20(23)24/h2-9H,10-11H2,1H3. The molecule has 2 rings (SSSR count). The van der Waals surface area contributed by atoms with Gasteiger partial charge >= 0.3 is 5.97 Å². The van der Waals surface area contributed by atoms with Crippen molar-refractivity contribution in [2.45, 2.75) is 6.54 Å². The molecule has 0 saturated heterocycles. The van der Waals surface area contributed by atoms with E-state index in [1.165, 1.54) is 29.2 Å². The normalized spacial score (nSPS) is 10.2. The Morgan fingerprint density at radius 1 is 1.16 bits per heavy atom. The molecule has 0 atom stereocenters. The Hall–Kier alpha value is -2.93. The van der Waals surface area contributed by atoms with Gasteiger partial charge in [-0.25, -0.2) is 4.79 Å². The second-order valence-electron chi connectivity index (χ2n) is 5.23. The lowest BCUT2D eigenvalue weighted by Crippen LogP contribution is -2.30. The second kappa shape index (κ2) is 8.25. The summed E-state index contributed by atoms with van der Waals surface area (Å²) >= 11 is 5.80. The largest absolute Gasteiger partial charge is 0.452 e. The first-order valence-electron chi connectivity index (χ1n) is 7.27. The maximum absolute atomic E-state index is 12.1. The Bertz CT molecular complexity index is 792. The van der Waals surface area contributed by atoms with Gasteiger partial charge in [-0.1, -0.05) is 35.9 Å². The minimum atomic E-state index is -0.916. The van der Waals surface area contributed by atoms with Crippen LogP contribution in [-0.4, -0.2) is 35.4 Å². The average Bonchev–Trinajstić information content (AvgIpc) is 2.61. The highest BCUT2D eigenvalue weighted by Gasteiger charge is 2.21.